The molecule has 0 aliphatic rings. The van der Waals surface area contributed by atoms with E-state index in [2.05, 4.69) is 10.5 Å². The molecular weight excluding hydrogens is 310 g/mol. The van der Waals surface area contributed by atoms with Crippen LogP contribution in [0.1, 0.15) is 41.2 Å². The molecule has 0 saturated heterocycles. The highest BCUT2D eigenvalue weighted by Crippen LogP contribution is 2.17. The number of aryl methyl sites for hydroxylation is 2. The second-order valence-electron chi connectivity index (χ2n) is 5.14. The van der Waals surface area contributed by atoms with E-state index in [-0.39, 0.29) is 5.56 Å². The van der Waals surface area contributed by atoms with Crippen LogP contribution < -0.4 is 5.32 Å². The zero-order valence-electron chi connectivity index (χ0n) is 13.6. The number of esters is 1. The molecular formula is C17H17N3O4. The SMILES string of the molecule is CCc1noc(C)c1C(=O)O[C@@H](C)C(=O)Nc1cccc(C#N)c1. The number of benzene rings is 1. The summed E-state index contributed by atoms with van der Waals surface area (Å²) in [5.74, 6) is -0.796. The van der Waals surface area contributed by atoms with E-state index < -0.39 is 18.0 Å². The van der Waals surface area contributed by atoms with Gasteiger partial charge in [-0.3, -0.25) is 4.79 Å². The normalized spacial score (nSPS) is 11.4. The average Bonchev–Trinajstić information content (AvgIpc) is 2.95. The molecule has 124 valence electrons. The molecule has 1 amide bonds. The van der Waals surface area contributed by atoms with Crippen molar-refractivity contribution in [3.8, 4) is 6.07 Å². The minimum atomic E-state index is -1.01. The van der Waals surface area contributed by atoms with Crippen molar-refractivity contribution < 1.29 is 18.8 Å². The molecule has 0 aliphatic carbocycles. The van der Waals surface area contributed by atoms with Crippen LogP contribution in [0.5, 0.6) is 0 Å². The highest BCUT2D eigenvalue weighted by Gasteiger charge is 2.25. The van der Waals surface area contributed by atoms with E-state index in [0.29, 0.717) is 29.1 Å². The molecule has 1 aromatic heterocycles. The lowest BCUT2D eigenvalue weighted by Crippen LogP contribution is -2.30. The topological polar surface area (TPSA) is 105 Å². The Morgan fingerprint density at radius 3 is 2.88 bits per heavy atom. The Kier molecular flexibility index (Phi) is 5.32. The summed E-state index contributed by atoms with van der Waals surface area (Å²) in [6.07, 6.45) is -0.495. The first-order chi connectivity index (χ1) is 11.5. The van der Waals surface area contributed by atoms with E-state index in [9.17, 15) is 9.59 Å². The molecule has 0 aliphatic heterocycles. The van der Waals surface area contributed by atoms with E-state index in [4.69, 9.17) is 14.5 Å². The summed E-state index contributed by atoms with van der Waals surface area (Å²) < 4.78 is 10.2. The van der Waals surface area contributed by atoms with Crippen LogP contribution in [0.2, 0.25) is 0 Å². The first-order valence-electron chi connectivity index (χ1n) is 7.43. The van der Waals surface area contributed by atoms with Crippen LogP contribution in [-0.4, -0.2) is 23.1 Å². The predicted octanol–water partition coefficient (Wildman–Crippen LogP) is 2.60. The van der Waals surface area contributed by atoms with Gasteiger partial charge in [-0.05, 0) is 38.5 Å². The molecule has 7 nitrogen and oxygen atoms in total. The molecule has 7 heteroatoms. The molecule has 0 unspecified atom stereocenters. The Labute approximate surface area is 139 Å². The minimum Gasteiger partial charge on any atom is -0.449 e. The number of hydrogen-bond donors (Lipinski definition) is 1. The van der Waals surface area contributed by atoms with Crippen LogP contribution in [0.25, 0.3) is 0 Å². The average molecular weight is 327 g/mol. The van der Waals surface area contributed by atoms with Crippen molar-refractivity contribution in [2.24, 2.45) is 0 Å². The maximum atomic E-state index is 12.2. The fourth-order valence-electron chi connectivity index (χ4n) is 2.10. The third-order valence-corrected chi connectivity index (χ3v) is 3.38. The number of aromatic nitrogens is 1. The molecule has 0 spiro atoms. The van der Waals surface area contributed by atoms with Gasteiger partial charge in [0.2, 0.25) is 0 Å². The molecule has 0 saturated carbocycles. The zero-order chi connectivity index (χ0) is 17.7. The van der Waals surface area contributed by atoms with Gasteiger partial charge >= 0.3 is 5.97 Å². The molecule has 0 fully saturated rings. The minimum absolute atomic E-state index is 0.253. The smallest absolute Gasteiger partial charge is 0.344 e. The monoisotopic (exact) mass is 327 g/mol. The molecule has 1 N–H and O–H groups in total. The number of nitrogens with one attached hydrogen (secondary N) is 1. The molecule has 24 heavy (non-hydrogen) atoms. The van der Waals surface area contributed by atoms with Crippen LogP contribution in [-0.2, 0) is 16.0 Å². The number of nitrogens with zero attached hydrogens (tertiary/aromatic N) is 2. The summed E-state index contributed by atoms with van der Waals surface area (Å²) in [7, 11) is 0. The lowest BCUT2D eigenvalue weighted by molar-refractivity contribution is -0.123. The van der Waals surface area contributed by atoms with Gasteiger partial charge in [0.1, 0.15) is 11.3 Å². The van der Waals surface area contributed by atoms with Crippen molar-refractivity contribution in [1.29, 1.82) is 5.26 Å². The molecule has 1 heterocycles. The van der Waals surface area contributed by atoms with E-state index in [0.717, 1.165) is 0 Å². The highest BCUT2D eigenvalue weighted by molar-refractivity contribution is 5.98. The summed E-state index contributed by atoms with van der Waals surface area (Å²) in [6, 6.07) is 8.44. The summed E-state index contributed by atoms with van der Waals surface area (Å²) in [5, 5.41) is 15.2. The zero-order valence-corrected chi connectivity index (χ0v) is 13.6. The Bertz CT molecular complexity index is 804. The van der Waals surface area contributed by atoms with E-state index >= 15 is 0 Å². The fraction of sp³-hybridized carbons (Fsp3) is 0.294. The maximum absolute atomic E-state index is 12.2. The second-order valence-corrected chi connectivity index (χ2v) is 5.14. The van der Waals surface area contributed by atoms with Gasteiger partial charge < -0.3 is 14.6 Å². The lowest BCUT2D eigenvalue weighted by Gasteiger charge is -2.13. The number of hydrogen-bond acceptors (Lipinski definition) is 6. The number of rotatable bonds is 5. The molecule has 0 radical (unpaired) electrons. The molecule has 0 bridgehead atoms. The highest BCUT2D eigenvalue weighted by atomic mass is 16.5. The van der Waals surface area contributed by atoms with Crippen molar-refractivity contribution >= 4 is 17.6 Å². The van der Waals surface area contributed by atoms with Crippen molar-refractivity contribution in [2.45, 2.75) is 33.3 Å². The standard InChI is InChI=1S/C17H17N3O4/c1-4-14-15(10(2)24-20-14)17(22)23-11(3)16(21)19-13-7-5-6-12(8-13)9-18/h5-8,11H,4H2,1-3H3,(H,19,21)/t11-/m0/s1. The van der Waals surface area contributed by atoms with Gasteiger partial charge in [-0.2, -0.15) is 5.26 Å². The first kappa shape index (κ1) is 17.2. The van der Waals surface area contributed by atoms with Crippen LogP contribution in [0.4, 0.5) is 5.69 Å². The molecule has 2 rings (SSSR count). The fourth-order valence-corrected chi connectivity index (χ4v) is 2.10. The first-order valence-corrected chi connectivity index (χ1v) is 7.43. The quantitative estimate of drug-likeness (QED) is 0.846. The van der Waals surface area contributed by atoms with Gasteiger partial charge in [-0.15, -0.1) is 0 Å². The van der Waals surface area contributed by atoms with E-state index in [1.807, 2.05) is 13.0 Å². The van der Waals surface area contributed by atoms with Crippen molar-refractivity contribution in [2.75, 3.05) is 5.32 Å². The molecule has 2 aromatic rings. The van der Waals surface area contributed by atoms with Gasteiger partial charge in [0.05, 0.1) is 17.3 Å². The third kappa shape index (κ3) is 3.79. The number of carbonyl (C=O) groups is 2. The van der Waals surface area contributed by atoms with Gasteiger partial charge in [0, 0.05) is 5.69 Å². The maximum Gasteiger partial charge on any atom is 0.344 e. The molecule has 1 atom stereocenters. The van der Waals surface area contributed by atoms with E-state index in [1.54, 1.807) is 25.1 Å². The summed E-state index contributed by atoms with van der Waals surface area (Å²) in [6.45, 7) is 4.92. The van der Waals surface area contributed by atoms with Gasteiger partial charge in [0.25, 0.3) is 5.91 Å². The number of nitriles is 1. The Morgan fingerprint density at radius 1 is 1.46 bits per heavy atom. The largest absolute Gasteiger partial charge is 0.449 e. The van der Waals surface area contributed by atoms with Gasteiger partial charge in [-0.25, -0.2) is 4.79 Å². The van der Waals surface area contributed by atoms with Gasteiger partial charge in [0.15, 0.2) is 6.10 Å². The summed E-state index contributed by atoms with van der Waals surface area (Å²) in [4.78, 5) is 24.4. The number of carbonyl (C=O) groups excluding carboxylic acids is 2. The Balaban J connectivity index is 2.04. The van der Waals surface area contributed by atoms with Crippen LogP contribution >= 0.6 is 0 Å². The third-order valence-electron chi connectivity index (χ3n) is 3.38. The Hall–Kier alpha value is -3.14. The van der Waals surface area contributed by atoms with Crippen LogP contribution in [0, 0.1) is 18.3 Å². The van der Waals surface area contributed by atoms with Crippen molar-refractivity contribution in [1.82, 2.24) is 5.16 Å². The lowest BCUT2D eigenvalue weighted by atomic mass is 10.1. The Morgan fingerprint density at radius 2 is 2.21 bits per heavy atom. The summed E-state index contributed by atoms with van der Waals surface area (Å²) >= 11 is 0. The predicted molar refractivity (Wildman–Crippen MR) is 85.3 cm³/mol. The van der Waals surface area contributed by atoms with E-state index in [1.165, 1.54) is 13.0 Å². The van der Waals surface area contributed by atoms with Crippen molar-refractivity contribution in [3.05, 3.63) is 46.8 Å². The number of anilines is 1. The van der Waals surface area contributed by atoms with Crippen LogP contribution in [0.3, 0.4) is 0 Å². The number of ether oxygens (including phenoxy) is 1. The van der Waals surface area contributed by atoms with Crippen LogP contribution in [0.15, 0.2) is 28.8 Å². The van der Waals surface area contributed by atoms with Crippen molar-refractivity contribution in [3.63, 3.8) is 0 Å². The molecule has 1 aromatic carbocycles. The van der Waals surface area contributed by atoms with Gasteiger partial charge in [-0.1, -0.05) is 18.1 Å². The summed E-state index contributed by atoms with van der Waals surface area (Å²) in [5.41, 5.74) is 1.62. The number of amides is 1. The second kappa shape index (κ2) is 7.42.